The van der Waals surface area contributed by atoms with Crippen LogP contribution in [-0.4, -0.2) is 24.5 Å². The molecule has 0 atom stereocenters. The number of hydrogen-bond acceptors (Lipinski definition) is 3. The van der Waals surface area contributed by atoms with Crippen molar-refractivity contribution in [3.63, 3.8) is 0 Å². The minimum Gasteiger partial charge on any atom is -0.381 e. The molecule has 3 nitrogen and oxygen atoms in total. The zero-order chi connectivity index (χ0) is 15.7. The average Bonchev–Trinajstić information content (AvgIpc) is 2.48. The molecule has 0 aromatic heterocycles. The van der Waals surface area contributed by atoms with Crippen LogP contribution in [0.3, 0.4) is 0 Å². The van der Waals surface area contributed by atoms with E-state index in [1.165, 1.54) is 12.1 Å². The van der Waals surface area contributed by atoms with Gasteiger partial charge in [-0.2, -0.15) is 0 Å². The molecule has 1 aromatic rings. The molecular weight excluding hydrogens is 281 g/mol. The number of hydrogen-bond donors (Lipinski definition) is 1. The van der Waals surface area contributed by atoms with E-state index in [4.69, 9.17) is 4.74 Å². The first-order valence-corrected chi connectivity index (χ1v) is 7.85. The van der Waals surface area contributed by atoms with Crippen LogP contribution in [0.2, 0.25) is 0 Å². The third-order valence-electron chi connectivity index (χ3n) is 4.38. The van der Waals surface area contributed by atoms with E-state index in [9.17, 15) is 9.18 Å². The fourth-order valence-corrected chi connectivity index (χ4v) is 3.26. The van der Waals surface area contributed by atoms with Crippen LogP contribution in [0.4, 0.5) is 4.39 Å². The molecule has 1 N–H and O–H groups in total. The molecule has 118 valence electrons. The van der Waals surface area contributed by atoms with Gasteiger partial charge in [-0.15, -0.1) is 0 Å². The van der Waals surface area contributed by atoms with Gasteiger partial charge >= 0.3 is 0 Å². The predicted octanol–water partition coefficient (Wildman–Crippen LogP) is 3.09. The van der Waals surface area contributed by atoms with Gasteiger partial charge in [-0.25, -0.2) is 4.39 Å². The van der Waals surface area contributed by atoms with Crippen LogP contribution < -0.4 is 5.32 Å². The van der Waals surface area contributed by atoms with E-state index in [1.807, 2.05) is 6.07 Å². The molecule has 4 heteroatoms. The quantitative estimate of drug-likeness (QED) is 0.853. The highest BCUT2D eigenvalue weighted by Crippen LogP contribution is 2.31. The van der Waals surface area contributed by atoms with Gasteiger partial charge in [0.05, 0.1) is 0 Å². The number of carbonyl (C=O) groups is 1. The van der Waals surface area contributed by atoms with E-state index in [2.05, 4.69) is 19.2 Å². The number of fused-ring (bicyclic) bond motifs is 1. The number of halogens is 1. The van der Waals surface area contributed by atoms with Crippen LogP contribution in [0, 0.1) is 11.7 Å². The first-order chi connectivity index (χ1) is 10.4. The zero-order valence-electron chi connectivity index (χ0n) is 13.1. The molecule has 0 radical (unpaired) electrons. The maximum atomic E-state index is 13.6. The lowest BCUT2D eigenvalue weighted by molar-refractivity contribution is -0.120. The number of nitrogens with one attached hydrogen (secondary N) is 1. The summed E-state index contributed by atoms with van der Waals surface area (Å²) in [4.78, 5) is 12.5. The molecule has 0 bridgehead atoms. The molecule has 1 saturated heterocycles. The van der Waals surface area contributed by atoms with E-state index in [1.54, 1.807) is 6.08 Å². The Morgan fingerprint density at radius 1 is 1.36 bits per heavy atom. The van der Waals surface area contributed by atoms with Crippen molar-refractivity contribution in [1.29, 1.82) is 0 Å². The Labute approximate surface area is 130 Å². The molecule has 1 fully saturated rings. The predicted molar refractivity (Wildman–Crippen MR) is 83.8 cm³/mol. The van der Waals surface area contributed by atoms with Crippen molar-refractivity contribution in [1.82, 2.24) is 5.32 Å². The van der Waals surface area contributed by atoms with Crippen LogP contribution in [0.1, 0.15) is 37.8 Å². The maximum Gasteiger partial charge on any atom is 0.161 e. The van der Waals surface area contributed by atoms with Crippen LogP contribution in [0.25, 0.3) is 5.70 Å². The third kappa shape index (κ3) is 3.22. The lowest BCUT2D eigenvalue weighted by Crippen LogP contribution is -2.44. The topological polar surface area (TPSA) is 38.3 Å². The molecule has 2 aliphatic heterocycles. The highest BCUT2D eigenvalue weighted by molar-refractivity contribution is 5.98. The molecule has 0 amide bonds. The van der Waals surface area contributed by atoms with Crippen molar-refractivity contribution in [2.45, 2.75) is 38.6 Å². The Morgan fingerprint density at radius 3 is 2.82 bits per heavy atom. The molecule has 0 saturated carbocycles. The van der Waals surface area contributed by atoms with E-state index in [0.29, 0.717) is 13.2 Å². The number of carbonyl (C=O) groups excluding carboxylic acids is 1. The summed E-state index contributed by atoms with van der Waals surface area (Å²) in [7, 11) is 0. The van der Waals surface area contributed by atoms with Crippen LogP contribution >= 0.6 is 0 Å². The minimum atomic E-state index is -0.273. The molecule has 2 heterocycles. The Kier molecular flexibility index (Phi) is 4.04. The fourth-order valence-electron chi connectivity index (χ4n) is 3.26. The van der Waals surface area contributed by atoms with Crippen molar-refractivity contribution in [2.75, 3.05) is 13.2 Å². The summed E-state index contributed by atoms with van der Waals surface area (Å²) in [6, 6.07) is 4.82. The van der Waals surface area contributed by atoms with Gasteiger partial charge in [0.2, 0.25) is 0 Å². The highest BCUT2D eigenvalue weighted by Gasteiger charge is 2.29. The van der Waals surface area contributed by atoms with Gasteiger partial charge in [0.25, 0.3) is 0 Å². The van der Waals surface area contributed by atoms with E-state index < -0.39 is 0 Å². The number of ether oxygens (including phenoxy) is 1. The Hall–Kier alpha value is -1.68. The smallest absolute Gasteiger partial charge is 0.161 e. The van der Waals surface area contributed by atoms with Crippen molar-refractivity contribution >= 4 is 11.5 Å². The molecule has 22 heavy (non-hydrogen) atoms. The molecule has 1 aromatic carbocycles. The van der Waals surface area contributed by atoms with Crippen LogP contribution in [0.5, 0.6) is 0 Å². The van der Waals surface area contributed by atoms with Gasteiger partial charge in [0.15, 0.2) is 5.78 Å². The molecule has 3 rings (SSSR count). The molecule has 0 spiro atoms. The van der Waals surface area contributed by atoms with Crippen LogP contribution in [0.15, 0.2) is 24.3 Å². The van der Waals surface area contributed by atoms with Crippen molar-refractivity contribution < 1.29 is 13.9 Å². The number of rotatable bonds is 2. The van der Waals surface area contributed by atoms with E-state index in [0.717, 1.165) is 36.1 Å². The van der Waals surface area contributed by atoms with Crippen LogP contribution in [-0.2, 0) is 16.0 Å². The largest absolute Gasteiger partial charge is 0.381 e. The van der Waals surface area contributed by atoms with Crippen molar-refractivity contribution in [2.24, 2.45) is 5.92 Å². The van der Waals surface area contributed by atoms with E-state index >= 15 is 0 Å². The lowest BCUT2D eigenvalue weighted by atomic mass is 9.84. The van der Waals surface area contributed by atoms with E-state index in [-0.39, 0.29) is 23.1 Å². The average molecular weight is 303 g/mol. The molecular formula is C18H22FNO2. The van der Waals surface area contributed by atoms with Crippen molar-refractivity contribution in [3.05, 3.63) is 41.2 Å². The third-order valence-corrected chi connectivity index (χ3v) is 4.38. The summed E-state index contributed by atoms with van der Waals surface area (Å²) >= 11 is 0. The standard InChI is InChI=1S/C18H22FNO2/c1-18(2)11-13-3-4-14(19)9-15(13)16(20-18)10-17(21)12-5-7-22-8-6-12/h3-4,9-10,12,20H,5-8,11H2,1-2H3/b16-10-. The lowest BCUT2D eigenvalue weighted by Gasteiger charge is -2.35. The summed E-state index contributed by atoms with van der Waals surface area (Å²) in [5, 5.41) is 3.39. The zero-order valence-corrected chi connectivity index (χ0v) is 13.1. The second kappa shape index (κ2) is 5.84. The normalized spacial score (nSPS) is 23.0. The Bertz CT molecular complexity index is 616. The Balaban J connectivity index is 1.93. The number of allylic oxidation sites excluding steroid dienone is 1. The maximum absolute atomic E-state index is 13.6. The summed E-state index contributed by atoms with van der Waals surface area (Å²) in [6.45, 7) is 5.46. The first kappa shape index (κ1) is 15.2. The summed E-state index contributed by atoms with van der Waals surface area (Å²) < 4.78 is 18.9. The van der Waals surface area contributed by atoms with Gasteiger partial charge in [-0.3, -0.25) is 4.79 Å². The monoisotopic (exact) mass is 303 g/mol. The van der Waals surface area contributed by atoms with Gasteiger partial charge in [0.1, 0.15) is 5.82 Å². The molecule has 0 unspecified atom stereocenters. The number of benzene rings is 1. The van der Waals surface area contributed by atoms with Crippen molar-refractivity contribution in [3.8, 4) is 0 Å². The van der Waals surface area contributed by atoms with Gasteiger partial charge < -0.3 is 10.1 Å². The van der Waals surface area contributed by atoms with Gasteiger partial charge in [0, 0.05) is 42.0 Å². The second-order valence-corrected chi connectivity index (χ2v) is 6.83. The molecule has 2 aliphatic rings. The van der Waals surface area contributed by atoms with Gasteiger partial charge in [-0.1, -0.05) is 6.07 Å². The fraction of sp³-hybridized carbons (Fsp3) is 0.500. The minimum absolute atomic E-state index is 0.0186. The second-order valence-electron chi connectivity index (χ2n) is 6.83. The highest BCUT2D eigenvalue weighted by atomic mass is 19.1. The Morgan fingerprint density at radius 2 is 2.09 bits per heavy atom. The summed E-state index contributed by atoms with van der Waals surface area (Å²) in [5.74, 6) is -0.145. The number of ketones is 1. The SMILES string of the molecule is CC1(C)Cc2ccc(F)cc2/C(=C/C(=O)C2CCOCC2)N1. The first-order valence-electron chi connectivity index (χ1n) is 7.85. The molecule has 0 aliphatic carbocycles. The summed E-state index contributed by atoms with van der Waals surface area (Å²) in [5.41, 5.74) is 2.48. The van der Waals surface area contributed by atoms with Gasteiger partial charge in [-0.05, 0) is 50.8 Å². The summed E-state index contributed by atoms with van der Waals surface area (Å²) in [6.07, 6.45) is 4.00.